The highest BCUT2D eigenvalue weighted by Gasteiger charge is 2.20. The molecule has 0 aromatic heterocycles. The summed E-state index contributed by atoms with van der Waals surface area (Å²) < 4.78 is 2.19. The maximum Gasteiger partial charge on any atom is 0.136 e. The van der Waals surface area contributed by atoms with E-state index in [0.717, 1.165) is 72.5 Å². The van der Waals surface area contributed by atoms with E-state index in [4.69, 9.17) is 24.4 Å². The van der Waals surface area contributed by atoms with Gasteiger partial charge in [0, 0.05) is 63.9 Å². The maximum atomic E-state index is 5.67. The molecule has 168 valence electrons. The number of thioether (sulfide) groups is 2. The largest absolute Gasteiger partial charge is 0.355 e. The second-order valence-corrected chi connectivity index (χ2v) is 11.4. The van der Waals surface area contributed by atoms with Crippen LogP contribution in [0.15, 0.2) is 0 Å². The third kappa shape index (κ3) is 10.0. The summed E-state index contributed by atoms with van der Waals surface area (Å²) in [6, 6.07) is 0. The number of hydrogen-bond acceptors (Lipinski definition) is 6. The summed E-state index contributed by atoms with van der Waals surface area (Å²) in [7, 11) is 0. The molecule has 0 unspecified atom stereocenters. The van der Waals surface area contributed by atoms with Crippen LogP contribution in [-0.4, -0.2) is 105 Å². The van der Waals surface area contributed by atoms with Crippen LogP contribution in [0, 0.1) is 0 Å². The molecular weight excluding hydrogens is 437 g/mol. The third-order valence-electron chi connectivity index (χ3n) is 5.66. The first-order valence-corrected chi connectivity index (χ1v) is 14.2. The van der Waals surface area contributed by atoms with Crippen molar-refractivity contribution in [3.05, 3.63) is 0 Å². The van der Waals surface area contributed by atoms with Gasteiger partial charge in [0.15, 0.2) is 0 Å². The van der Waals surface area contributed by atoms with Crippen molar-refractivity contribution < 1.29 is 0 Å². The van der Waals surface area contributed by atoms with Gasteiger partial charge in [0.1, 0.15) is 8.64 Å². The van der Waals surface area contributed by atoms with Crippen molar-refractivity contribution in [1.82, 2.24) is 19.6 Å². The van der Waals surface area contributed by atoms with Gasteiger partial charge in [-0.25, -0.2) is 0 Å². The first-order valence-electron chi connectivity index (χ1n) is 11.4. The minimum Gasteiger partial charge on any atom is -0.355 e. The summed E-state index contributed by atoms with van der Waals surface area (Å²) >= 11 is 15.1. The molecule has 4 nitrogen and oxygen atoms in total. The summed E-state index contributed by atoms with van der Waals surface area (Å²) in [4.78, 5) is 9.96. The van der Waals surface area contributed by atoms with Gasteiger partial charge < -0.3 is 9.80 Å². The molecule has 2 saturated heterocycles. The molecule has 0 aromatic carbocycles. The molecule has 0 saturated carbocycles. The molecule has 2 fully saturated rings. The quantitative estimate of drug-likeness (QED) is 0.338. The average Bonchev–Trinajstić information content (AvgIpc) is 2.76. The Kier molecular flexibility index (Phi) is 13.5. The van der Waals surface area contributed by atoms with Crippen molar-refractivity contribution in [2.75, 3.05) is 77.0 Å². The molecule has 0 spiro atoms. The Morgan fingerprint density at radius 3 is 1.34 bits per heavy atom. The minimum absolute atomic E-state index is 1.09. The molecule has 0 aromatic rings. The van der Waals surface area contributed by atoms with E-state index in [2.05, 4.69) is 33.4 Å². The molecular formula is C21H40N4S4. The molecule has 0 bridgehead atoms. The minimum atomic E-state index is 1.09. The molecule has 29 heavy (non-hydrogen) atoms. The van der Waals surface area contributed by atoms with E-state index in [1.165, 1.54) is 45.2 Å². The monoisotopic (exact) mass is 476 g/mol. The predicted molar refractivity (Wildman–Crippen MR) is 141 cm³/mol. The van der Waals surface area contributed by atoms with E-state index in [0.29, 0.717) is 0 Å². The number of nitrogens with zero attached hydrogens (tertiary/aromatic N) is 4. The van der Waals surface area contributed by atoms with Gasteiger partial charge in [0.2, 0.25) is 0 Å². The lowest BCUT2D eigenvalue weighted by Crippen LogP contribution is -2.47. The summed E-state index contributed by atoms with van der Waals surface area (Å²) in [5.41, 5.74) is 0. The summed E-state index contributed by atoms with van der Waals surface area (Å²) in [5, 5.41) is 0. The fraction of sp³-hybridized carbons (Fsp3) is 0.905. The van der Waals surface area contributed by atoms with Crippen molar-refractivity contribution in [3.8, 4) is 0 Å². The number of rotatable bonds is 10. The lowest BCUT2D eigenvalue weighted by Gasteiger charge is -2.36. The molecule has 2 aliphatic heterocycles. The van der Waals surface area contributed by atoms with Gasteiger partial charge in [0.05, 0.1) is 0 Å². The van der Waals surface area contributed by atoms with Crippen molar-refractivity contribution in [2.45, 2.75) is 46.0 Å². The Labute approximate surface area is 198 Å². The Morgan fingerprint density at radius 1 is 0.621 bits per heavy atom. The van der Waals surface area contributed by atoms with E-state index in [1.807, 2.05) is 23.5 Å². The topological polar surface area (TPSA) is 13.0 Å². The second-order valence-electron chi connectivity index (χ2n) is 7.95. The van der Waals surface area contributed by atoms with E-state index < -0.39 is 0 Å². The van der Waals surface area contributed by atoms with E-state index >= 15 is 0 Å². The Bertz CT molecular complexity index is 433. The SMILES string of the molecule is CCCCN1CCN(C(=S)SCCCSC(=S)N2CCN(CCCC)CC2)CC1. The molecule has 2 heterocycles. The number of thiocarbonyl (C=S) groups is 2. The Balaban J connectivity index is 1.49. The van der Waals surface area contributed by atoms with Gasteiger partial charge in [0.25, 0.3) is 0 Å². The van der Waals surface area contributed by atoms with Crippen molar-refractivity contribution in [1.29, 1.82) is 0 Å². The Hall–Kier alpha value is 0.400. The first kappa shape index (κ1) is 25.7. The lowest BCUT2D eigenvalue weighted by molar-refractivity contribution is 0.183. The predicted octanol–water partition coefficient (Wildman–Crippen LogP) is 4.25. The fourth-order valence-corrected chi connectivity index (χ4v) is 6.34. The van der Waals surface area contributed by atoms with Crippen LogP contribution in [0.2, 0.25) is 0 Å². The normalized spacial score (nSPS) is 19.0. The summed E-state index contributed by atoms with van der Waals surface area (Å²) in [5.74, 6) is 2.21. The van der Waals surface area contributed by atoms with Crippen LogP contribution >= 0.6 is 48.0 Å². The van der Waals surface area contributed by atoms with Gasteiger partial charge in [-0.2, -0.15) is 0 Å². The maximum absolute atomic E-state index is 5.67. The number of unbranched alkanes of at least 4 members (excludes halogenated alkanes) is 2. The molecule has 0 radical (unpaired) electrons. The zero-order valence-corrected chi connectivity index (χ0v) is 21.7. The van der Waals surface area contributed by atoms with Crippen molar-refractivity contribution in [3.63, 3.8) is 0 Å². The van der Waals surface area contributed by atoms with Crippen LogP contribution < -0.4 is 0 Å². The fourth-order valence-electron chi connectivity index (χ4n) is 3.63. The van der Waals surface area contributed by atoms with Gasteiger partial charge in [-0.15, -0.1) is 0 Å². The summed E-state index contributed by atoms with van der Waals surface area (Å²) in [6.07, 6.45) is 6.36. The van der Waals surface area contributed by atoms with Gasteiger partial charge in [-0.1, -0.05) is 74.6 Å². The highest BCUT2D eigenvalue weighted by Crippen LogP contribution is 2.18. The van der Waals surface area contributed by atoms with Crippen LogP contribution in [0.25, 0.3) is 0 Å². The highest BCUT2D eigenvalue weighted by atomic mass is 32.2. The van der Waals surface area contributed by atoms with Crippen molar-refractivity contribution >= 4 is 56.6 Å². The third-order valence-corrected chi connectivity index (χ3v) is 8.88. The second kappa shape index (κ2) is 15.2. The number of piperazine rings is 2. The molecule has 0 amide bonds. The van der Waals surface area contributed by atoms with Crippen LogP contribution in [0.3, 0.4) is 0 Å². The van der Waals surface area contributed by atoms with Gasteiger partial charge in [-0.05, 0) is 32.4 Å². The molecule has 0 N–H and O–H groups in total. The van der Waals surface area contributed by atoms with Crippen LogP contribution in [0.5, 0.6) is 0 Å². The van der Waals surface area contributed by atoms with E-state index in [1.54, 1.807) is 0 Å². The van der Waals surface area contributed by atoms with E-state index in [9.17, 15) is 0 Å². The molecule has 0 atom stereocenters. The molecule has 2 aliphatic rings. The molecule has 8 heteroatoms. The average molecular weight is 477 g/mol. The smallest absolute Gasteiger partial charge is 0.136 e. The standard InChI is InChI=1S/C21H40N4S4/c1-3-5-8-22-10-14-24(15-11-22)20(26)28-18-7-19-29-21(27)25-16-12-23(13-17-25)9-6-4-2/h3-19H2,1-2H3. The summed E-state index contributed by atoms with van der Waals surface area (Å²) in [6.45, 7) is 16.1. The lowest BCUT2D eigenvalue weighted by atomic mass is 10.3. The van der Waals surface area contributed by atoms with Gasteiger partial charge in [-0.3, -0.25) is 9.80 Å². The molecule has 0 aliphatic carbocycles. The van der Waals surface area contributed by atoms with Crippen LogP contribution in [-0.2, 0) is 0 Å². The van der Waals surface area contributed by atoms with Crippen LogP contribution in [0.4, 0.5) is 0 Å². The molecule has 2 rings (SSSR count). The van der Waals surface area contributed by atoms with Gasteiger partial charge >= 0.3 is 0 Å². The Morgan fingerprint density at radius 2 is 1.00 bits per heavy atom. The zero-order chi connectivity index (χ0) is 20.9. The van der Waals surface area contributed by atoms with Crippen molar-refractivity contribution in [2.24, 2.45) is 0 Å². The first-order chi connectivity index (χ1) is 14.1. The highest BCUT2D eigenvalue weighted by molar-refractivity contribution is 8.23. The van der Waals surface area contributed by atoms with E-state index in [-0.39, 0.29) is 0 Å². The van der Waals surface area contributed by atoms with Crippen LogP contribution in [0.1, 0.15) is 46.0 Å². The zero-order valence-electron chi connectivity index (χ0n) is 18.4. The number of hydrogen-bond donors (Lipinski definition) is 0.